The summed E-state index contributed by atoms with van der Waals surface area (Å²) in [6.45, 7) is 0. The quantitative estimate of drug-likeness (QED) is 0.360. The van der Waals surface area contributed by atoms with Gasteiger partial charge in [0.15, 0.2) is 11.6 Å². The van der Waals surface area contributed by atoms with Crippen molar-refractivity contribution >= 4 is 33.1 Å². The van der Waals surface area contributed by atoms with E-state index >= 15 is 0 Å². The van der Waals surface area contributed by atoms with Gasteiger partial charge in [-0.1, -0.05) is 36.4 Å². The van der Waals surface area contributed by atoms with Crippen molar-refractivity contribution in [3.63, 3.8) is 0 Å². The summed E-state index contributed by atoms with van der Waals surface area (Å²) < 4.78 is 32.7. The highest BCUT2D eigenvalue weighted by Crippen LogP contribution is 2.38. The number of fused-ring (bicyclic) bond motifs is 2. The molecule has 0 fully saturated rings. The molecular formula is C20H13NO6S. The topological polar surface area (TPSA) is 121 Å². The van der Waals surface area contributed by atoms with Crippen LogP contribution in [0.25, 0.3) is 0 Å². The Morgan fingerprint density at radius 3 is 1.93 bits per heavy atom. The Hall–Kier alpha value is -3.49. The van der Waals surface area contributed by atoms with Crippen LogP contribution in [-0.4, -0.2) is 29.6 Å². The molecule has 0 aliphatic heterocycles. The molecule has 0 aromatic heterocycles. The van der Waals surface area contributed by atoms with Crippen LogP contribution in [-0.2, 0) is 10.1 Å². The van der Waals surface area contributed by atoms with E-state index in [0.717, 1.165) is 0 Å². The number of aromatic hydroxyl groups is 1. The van der Waals surface area contributed by atoms with Crippen LogP contribution in [0.15, 0.2) is 65.6 Å². The minimum absolute atomic E-state index is 0.0250. The molecule has 3 aromatic carbocycles. The minimum atomic E-state index is -4.52. The number of phenols is 1. The second-order valence-electron chi connectivity index (χ2n) is 6.18. The van der Waals surface area contributed by atoms with Gasteiger partial charge >= 0.3 is 0 Å². The number of ketones is 2. The maximum atomic E-state index is 13.0. The molecule has 3 N–H and O–H groups in total. The third-order valence-corrected chi connectivity index (χ3v) is 5.40. The molecule has 0 heterocycles. The molecule has 0 bridgehead atoms. The van der Waals surface area contributed by atoms with E-state index in [1.165, 1.54) is 42.5 Å². The van der Waals surface area contributed by atoms with Gasteiger partial charge in [0.2, 0.25) is 0 Å². The number of phenolic OH excluding ortho intramolecular Hbond substituents is 1. The van der Waals surface area contributed by atoms with Gasteiger partial charge < -0.3 is 10.4 Å². The lowest BCUT2D eigenvalue weighted by Crippen LogP contribution is -2.22. The Balaban J connectivity index is 1.92. The molecule has 0 atom stereocenters. The Morgan fingerprint density at radius 2 is 1.29 bits per heavy atom. The lowest BCUT2D eigenvalue weighted by Gasteiger charge is -2.22. The first-order valence-electron chi connectivity index (χ1n) is 8.17. The van der Waals surface area contributed by atoms with Crippen molar-refractivity contribution in [1.82, 2.24) is 0 Å². The zero-order valence-corrected chi connectivity index (χ0v) is 15.0. The number of hydrogen-bond acceptors (Lipinski definition) is 6. The number of hydrogen-bond donors (Lipinski definition) is 3. The van der Waals surface area contributed by atoms with Gasteiger partial charge in [-0.05, 0) is 24.3 Å². The van der Waals surface area contributed by atoms with Gasteiger partial charge in [0.05, 0.1) is 22.5 Å². The Kier molecular flexibility index (Phi) is 4.02. The van der Waals surface area contributed by atoms with Gasteiger partial charge in [-0.15, -0.1) is 0 Å². The predicted octanol–water partition coefficient (Wildman–Crippen LogP) is 3.16. The van der Waals surface area contributed by atoms with E-state index in [1.54, 1.807) is 18.2 Å². The highest BCUT2D eigenvalue weighted by Gasteiger charge is 2.34. The van der Waals surface area contributed by atoms with Crippen molar-refractivity contribution in [2.45, 2.75) is 4.90 Å². The molecule has 3 aromatic rings. The van der Waals surface area contributed by atoms with E-state index in [9.17, 15) is 27.7 Å². The smallest absolute Gasteiger partial charge is 0.296 e. The molecule has 1 aliphatic rings. The summed E-state index contributed by atoms with van der Waals surface area (Å²) in [7, 11) is -4.52. The van der Waals surface area contributed by atoms with Crippen LogP contribution in [0.4, 0.5) is 11.4 Å². The summed E-state index contributed by atoms with van der Waals surface area (Å²) in [4.78, 5) is 25.5. The van der Waals surface area contributed by atoms with E-state index in [4.69, 9.17) is 0 Å². The predicted molar refractivity (Wildman–Crippen MR) is 101 cm³/mol. The zero-order chi connectivity index (χ0) is 20.1. The van der Waals surface area contributed by atoms with Crippen LogP contribution in [0.1, 0.15) is 31.8 Å². The van der Waals surface area contributed by atoms with Gasteiger partial charge in [0.1, 0.15) is 10.6 Å². The average molecular weight is 395 g/mol. The summed E-state index contributed by atoms with van der Waals surface area (Å²) in [6, 6.07) is 14.5. The van der Waals surface area contributed by atoms with Crippen LogP contribution < -0.4 is 5.32 Å². The highest BCUT2D eigenvalue weighted by atomic mass is 32.2. The van der Waals surface area contributed by atoms with Crippen molar-refractivity contribution in [1.29, 1.82) is 0 Å². The molecule has 0 radical (unpaired) electrons. The number of rotatable bonds is 3. The Labute approximate surface area is 160 Å². The van der Waals surface area contributed by atoms with Crippen molar-refractivity contribution in [3.8, 4) is 5.75 Å². The highest BCUT2D eigenvalue weighted by molar-refractivity contribution is 7.86. The SMILES string of the molecule is O=C1c2ccccc2C(=O)c2c(Nc3ccccc3S(=O)(=O)O)ccc(O)c21. The molecule has 1 aliphatic carbocycles. The second kappa shape index (κ2) is 6.29. The summed E-state index contributed by atoms with van der Waals surface area (Å²) in [5, 5.41) is 13.0. The zero-order valence-electron chi connectivity index (χ0n) is 14.2. The van der Waals surface area contributed by atoms with Crippen molar-refractivity contribution in [2.75, 3.05) is 5.32 Å². The fourth-order valence-electron chi connectivity index (χ4n) is 3.25. The van der Waals surface area contributed by atoms with E-state index in [-0.39, 0.29) is 44.3 Å². The maximum Gasteiger partial charge on any atom is 0.296 e. The Bertz CT molecular complexity index is 1260. The molecule has 0 spiro atoms. The third-order valence-electron chi connectivity index (χ3n) is 4.49. The van der Waals surface area contributed by atoms with Gasteiger partial charge in [0, 0.05) is 11.1 Å². The van der Waals surface area contributed by atoms with E-state index in [1.807, 2.05) is 0 Å². The van der Waals surface area contributed by atoms with Gasteiger partial charge in [-0.2, -0.15) is 8.42 Å². The van der Waals surface area contributed by atoms with E-state index in [0.29, 0.717) is 0 Å². The van der Waals surface area contributed by atoms with Crippen LogP contribution in [0.5, 0.6) is 5.75 Å². The van der Waals surface area contributed by atoms with Crippen LogP contribution in [0.2, 0.25) is 0 Å². The van der Waals surface area contributed by atoms with Crippen LogP contribution >= 0.6 is 0 Å². The number of carbonyl (C=O) groups excluding carboxylic acids is 2. The normalized spacial score (nSPS) is 13.0. The molecule has 28 heavy (non-hydrogen) atoms. The van der Waals surface area contributed by atoms with Crippen molar-refractivity contribution in [3.05, 3.63) is 82.9 Å². The van der Waals surface area contributed by atoms with Crippen molar-refractivity contribution in [2.24, 2.45) is 0 Å². The molecule has 8 heteroatoms. The molecular weight excluding hydrogens is 382 g/mol. The number of benzene rings is 3. The average Bonchev–Trinajstić information content (AvgIpc) is 2.67. The van der Waals surface area contributed by atoms with Crippen LogP contribution in [0.3, 0.4) is 0 Å². The molecule has 0 saturated carbocycles. The fourth-order valence-corrected chi connectivity index (χ4v) is 3.90. The van der Waals surface area contributed by atoms with E-state index in [2.05, 4.69) is 5.32 Å². The van der Waals surface area contributed by atoms with Crippen molar-refractivity contribution < 1.29 is 27.7 Å². The lowest BCUT2D eigenvalue weighted by atomic mass is 9.82. The number of anilines is 2. The fraction of sp³-hybridized carbons (Fsp3) is 0. The molecule has 0 amide bonds. The molecule has 4 rings (SSSR count). The first kappa shape index (κ1) is 17.9. The third kappa shape index (κ3) is 2.75. The monoisotopic (exact) mass is 395 g/mol. The summed E-state index contributed by atoms with van der Waals surface area (Å²) in [5.74, 6) is -1.33. The maximum absolute atomic E-state index is 13.0. The van der Waals surface area contributed by atoms with Gasteiger partial charge in [-0.25, -0.2) is 0 Å². The van der Waals surface area contributed by atoms with Gasteiger partial charge in [0.25, 0.3) is 10.1 Å². The number of carbonyl (C=O) groups is 2. The Morgan fingerprint density at radius 1 is 0.714 bits per heavy atom. The molecule has 140 valence electrons. The summed E-state index contributed by atoms with van der Waals surface area (Å²) in [5.41, 5.74) is 0.322. The number of nitrogens with one attached hydrogen (secondary N) is 1. The first-order chi connectivity index (χ1) is 13.3. The van der Waals surface area contributed by atoms with Crippen LogP contribution in [0, 0.1) is 0 Å². The largest absolute Gasteiger partial charge is 0.507 e. The molecule has 0 saturated heterocycles. The molecule has 0 unspecified atom stereocenters. The summed E-state index contributed by atoms with van der Waals surface area (Å²) in [6.07, 6.45) is 0. The first-order valence-corrected chi connectivity index (χ1v) is 9.61. The number of para-hydroxylation sites is 1. The van der Waals surface area contributed by atoms with Gasteiger partial charge in [-0.3, -0.25) is 14.1 Å². The lowest BCUT2D eigenvalue weighted by molar-refractivity contribution is 0.0977. The minimum Gasteiger partial charge on any atom is -0.507 e. The summed E-state index contributed by atoms with van der Waals surface area (Å²) >= 11 is 0. The van der Waals surface area contributed by atoms with E-state index < -0.39 is 21.7 Å². The second-order valence-corrected chi connectivity index (χ2v) is 7.57. The standard InChI is InChI=1S/C20H13NO6S/c22-15-10-9-14(21-13-7-3-4-8-16(13)28(25,26)27)17-18(15)20(24)12-6-2-1-5-11(12)19(17)23/h1-10,21-22H,(H,25,26,27). The molecule has 7 nitrogen and oxygen atoms in total.